The molecule has 3 nitrogen and oxygen atoms in total. The van der Waals surface area contributed by atoms with Crippen LogP contribution in [0.3, 0.4) is 0 Å². The number of rotatable bonds is 3. The zero-order valence-electron chi connectivity index (χ0n) is 9.24. The molecule has 1 heterocycles. The molecule has 0 bridgehead atoms. The maximum atomic E-state index is 11.6. The van der Waals surface area contributed by atoms with Gasteiger partial charge in [-0.3, -0.25) is 0 Å². The average molecular weight is 231 g/mol. The molecule has 15 heavy (non-hydrogen) atoms. The van der Waals surface area contributed by atoms with Gasteiger partial charge in [-0.05, 0) is 25.7 Å². The fourth-order valence-corrected chi connectivity index (χ4v) is 4.47. The number of hydrogen-bond donors (Lipinski definition) is 1. The van der Waals surface area contributed by atoms with Gasteiger partial charge in [0.25, 0.3) is 0 Å². The summed E-state index contributed by atoms with van der Waals surface area (Å²) in [6.45, 7) is 0.688. The summed E-state index contributed by atoms with van der Waals surface area (Å²) in [7, 11) is -2.75. The lowest BCUT2D eigenvalue weighted by Crippen LogP contribution is -2.38. The molecule has 0 aromatic carbocycles. The molecule has 4 heteroatoms. The smallest absolute Gasteiger partial charge is 0.154 e. The van der Waals surface area contributed by atoms with E-state index >= 15 is 0 Å². The van der Waals surface area contributed by atoms with Gasteiger partial charge in [0.15, 0.2) is 9.84 Å². The highest BCUT2D eigenvalue weighted by Crippen LogP contribution is 2.21. The van der Waals surface area contributed by atoms with Gasteiger partial charge in [-0.1, -0.05) is 19.3 Å². The summed E-state index contributed by atoms with van der Waals surface area (Å²) < 4.78 is 23.2. The Hall–Kier alpha value is -0.0900. The first-order valence-corrected chi connectivity index (χ1v) is 7.85. The molecule has 1 aliphatic carbocycles. The van der Waals surface area contributed by atoms with E-state index in [1.165, 1.54) is 32.1 Å². The second-order valence-electron chi connectivity index (χ2n) is 4.87. The molecule has 2 fully saturated rings. The fourth-order valence-electron chi connectivity index (χ4n) is 2.69. The molecule has 1 saturated carbocycles. The Balaban J connectivity index is 1.77. The van der Waals surface area contributed by atoms with Gasteiger partial charge in [0.2, 0.25) is 0 Å². The summed E-state index contributed by atoms with van der Waals surface area (Å²) in [6, 6.07) is 0.578. The fraction of sp³-hybridized carbons (Fsp3) is 1.00. The molecule has 1 N–H and O–H groups in total. The summed E-state index contributed by atoms with van der Waals surface area (Å²) in [5.41, 5.74) is 0. The zero-order chi connectivity index (χ0) is 10.7. The van der Waals surface area contributed by atoms with Crippen LogP contribution in [0.15, 0.2) is 0 Å². The van der Waals surface area contributed by atoms with Gasteiger partial charge in [-0.25, -0.2) is 8.42 Å². The molecule has 0 radical (unpaired) electrons. The molecule has 1 unspecified atom stereocenters. The van der Waals surface area contributed by atoms with Crippen molar-refractivity contribution in [2.24, 2.45) is 0 Å². The quantitative estimate of drug-likeness (QED) is 0.800. The summed E-state index contributed by atoms with van der Waals surface area (Å²) in [5.74, 6) is 0.407. The third kappa shape index (κ3) is 2.94. The first-order chi connectivity index (χ1) is 7.18. The predicted molar refractivity (Wildman–Crippen MR) is 61.7 cm³/mol. The molecule has 1 aliphatic heterocycles. The first kappa shape index (κ1) is 11.4. The highest BCUT2D eigenvalue weighted by Gasteiger charge is 2.31. The zero-order valence-corrected chi connectivity index (χ0v) is 10.1. The summed E-state index contributed by atoms with van der Waals surface area (Å²) in [6.07, 6.45) is 8.13. The van der Waals surface area contributed by atoms with E-state index in [0.29, 0.717) is 18.3 Å². The van der Waals surface area contributed by atoms with Gasteiger partial charge in [0, 0.05) is 12.6 Å². The van der Waals surface area contributed by atoms with Crippen LogP contribution in [0.1, 0.15) is 44.9 Å². The normalized spacial score (nSPS) is 31.9. The van der Waals surface area contributed by atoms with Crippen molar-refractivity contribution < 1.29 is 8.42 Å². The molecular formula is C11H21NO2S. The third-order valence-electron chi connectivity index (χ3n) is 3.70. The van der Waals surface area contributed by atoms with Crippen molar-refractivity contribution in [2.45, 2.75) is 56.2 Å². The Bertz CT molecular complexity index is 294. The minimum Gasteiger partial charge on any atom is -0.313 e. The monoisotopic (exact) mass is 231 g/mol. The van der Waals surface area contributed by atoms with Crippen LogP contribution in [0.2, 0.25) is 0 Å². The van der Waals surface area contributed by atoms with Crippen LogP contribution in [0, 0.1) is 0 Å². The second-order valence-corrected chi connectivity index (χ2v) is 7.28. The molecule has 88 valence electrons. The first-order valence-electron chi connectivity index (χ1n) is 6.13. The van der Waals surface area contributed by atoms with E-state index < -0.39 is 9.84 Å². The molecule has 0 aromatic rings. The van der Waals surface area contributed by atoms with Crippen molar-refractivity contribution in [3.8, 4) is 0 Å². The van der Waals surface area contributed by atoms with Gasteiger partial charge in [0.05, 0.1) is 11.0 Å². The lowest BCUT2D eigenvalue weighted by Gasteiger charge is -2.24. The predicted octanol–water partition coefficient (Wildman–Crippen LogP) is 1.49. The minimum absolute atomic E-state index is 0.0978. The standard InChI is InChI=1S/C11H21NO2S/c13-15(14)8-4-7-11(15)9-12-10-5-2-1-3-6-10/h10-12H,1-9H2. The largest absolute Gasteiger partial charge is 0.313 e. The SMILES string of the molecule is O=S1(=O)CCCC1CNC1CCCCC1. The van der Waals surface area contributed by atoms with Crippen molar-refractivity contribution >= 4 is 9.84 Å². The van der Waals surface area contributed by atoms with Crippen LogP contribution in [-0.4, -0.2) is 32.0 Å². The van der Waals surface area contributed by atoms with Crippen LogP contribution >= 0.6 is 0 Å². The topological polar surface area (TPSA) is 46.2 Å². The van der Waals surface area contributed by atoms with Crippen LogP contribution < -0.4 is 5.32 Å². The molecule has 0 spiro atoms. The number of nitrogens with one attached hydrogen (secondary N) is 1. The van der Waals surface area contributed by atoms with E-state index in [-0.39, 0.29) is 5.25 Å². The molecule has 0 amide bonds. The van der Waals surface area contributed by atoms with Crippen LogP contribution in [0.4, 0.5) is 0 Å². The van der Waals surface area contributed by atoms with Crippen molar-refractivity contribution in [2.75, 3.05) is 12.3 Å². The van der Waals surface area contributed by atoms with Crippen molar-refractivity contribution in [3.05, 3.63) is 0 Å². The van der Waals surface area contributed by atoms with E-state index in [2.05, 4.69) is 5.32 Å². The molecule has 1 atom stereocenters. The highest BCUT2D eigenvalue weighted by molar-refractivity contribution is 7.92. The van der Waals surface area contributed by atoms with Crippen LogP contribution in [-0.2, 0) is 9.84 Å². The Morgan fingerprint density at radius 3 is 2.33 bits per heavy atom. The Morgan fingerprint density at radius 1 is 1.00 bits per heavy atom. The van der Waals surface area contributed by atoms with E-state index in [1.807, 2.05) is 0 Å². The Morgan fingerprint density at radius 2 is 1.73 bits per heavy atom. The summed E-state index contributed by atoms with van der Waals surface area (Å²) in [5, 5.41) is 3.34. The van der Waals surface area contributed by atoms with Gasteiger partial charge in [-0.15, -0.1) is 0 Å². The van der Waals surface area contributed by atoms with Crippen molar-refractivity contribution in [3.63, 3.8) is 0 Å². The lowest BCUT2D eigenvalue weighted by atomic mass is 9.95. The lowest BCUT2D eigenvalue weighted by molar-refractivity contribution is 0.372. The van der Waals surface area contributed by atoms with Crippen LogP contribution in [0.25, 0.3) is 0 Å². The Labute approximate surface area is 92.6 Å². The van der Waals surface area contributed by atoms with E-state index in [4.69, 9.17) is 0 Å². The van der Waals surface area contributed by atoms with Gasteiger partial charge in [0.1, 0.15) is 0 Å². The van der Waals surface area contributed by atoms with Crippen molar-refractivity contribution in [1.29, 1.82) is 0 Å². The van der Waals surface area contributed by atoms with Gasteiger partial charge in [-0.2, -0.15) is 0 Å². The molecule has 2 aliphatic rings. The number of hydrogen-bond acceptors (Lipinski definition) is 3. The second kappa shape index (κ2) is 4.83. The third-order valence-corrected chi connectivity index (χ3v) is 5.98. The summed E-state index contributed by atoms with van der Waals surface area (Å²) in [4.78, 5) is 0. The maximum Gasteiger partial charge on any atom is 0.154 e. The summed E-state index contributed by atoms with van der Waals surface area (Å²) >= 11 is 0. The molecule has 2 rings (SSSR count). The highest BCUT2D eigenvalue weighted by atomic mass is 32.2. The van der Waals surface area contributed by atoms with E-state index in [9.17, 15) is 8.42 Å². The Kier molecular flexibility index (Phi) is 3.67. The van der Waals surface area contributed by atoms with Gasteiger partial charge < -0.3 is 5.32 Å². The van der Waals surface area contributed by atoms with Crippen molar-refractivity contribution in [1.82, 2.24) is 5.32 Å². The average Bonchev–Trinajstić information content (AvgIpc) is 2.56. The minimum atomic E-state index is -2.75. The van der Waals surface area contributed by atoms with E-state index in [1.54, 1.807) is 0 Å². The van der Waals surface area contributed by atoms with E-state index in [0.717, 1.165) is 12.8 Å². The maximum absolute atomic E-state index is 11.6. The van der Waals surface area contributed by atoms with Gasteiger partial charge >= 0.3 is 0 Å². The number of sulfone groups is 1. The molecular weight excluding hydrogens is 210 g/mol. The van der Waals surface area contributed by atoms with Crippen LogP contribution in [0.5, 0.6) is 0 Å². The molecule has 0 aromatic heterocycles. The molecule has 1 saturated heterocycles.